The third-order valence-corrected chi connectivity index (χ3v) is 5.89. The number of hydrogen-bond donors (Lipinski definition) is 1. The first-order valence-electron chi connectivity index (χ1n) is 8.27. The summed E-state index contributed by atoms with van der Waals surface area (Å²) in [4.78, 5) is 14.9. The summed E-state index contributed by atoms with van der Waals surface area (Å²) in [5, 5.41) is 9.58. The highest BCUT2D eigenvalue weighted by atomic mass is 16.5. The lowest BCUT2D eigenvalue weighted by Crippen LogP contribution is -2.46. The summed E-state index contributed by atoms with van der Waals surface area (Å²) in [7, 11) is 2.21. The Bertz CT molecular complexity index is 543. The number of nitrogens with zero attached hydrogens (tertiary/aromatic N) is 1. The number of carbonyl (C=O) groups excluding carboxylic acids is 1. The van der Waals surface area contributed by atoms with Gasteiger partial charge in [-0.15, -0.1) is 0 Å². The first-order valence-corrected chi connectivity index (χ1v) is 8.27. The predicted octanol–water partition coefficient (Wildman–Crippen LogP) is 1.79. The molecule has 118 valence electrons. The molecule has 6 atom stereocenters. The van der Waals surface area contributed by atoms with Gasteiger partial charge >= 0.3 is 5.97 Å². The first kappa shape index (κ1) is 14.2. The van der Waals surface area contributed by atoms with Gasteiger partial charge in [-0.3, -0.25) is 9.69 Å². The minimum Gasteiger partial charge on any atom is -0.462 e. The van der Waals surface area contributed by atoms with Crippen molar-refractivity contribution in [3.8, 4) is 0 Å². The fraction of sp³-hybridized carbons (Fsp3) is 0.611. The minimum atomic E-state index is -0.562. The molecule has 4 rings (SSSR count). The molecule has 0 spiro atoms. The molecular weight excluding hydrogens is 278 g/mol. The number of ether oxygens (including phenoxy) is 1. The molecule has 1 aromatic carbocycles. The zero-order valence-electron chi connectivity index (χ0n) is 12.9. The van der Waals surface area contributed by atoms with E-state index in [-0.39, 0.29) is 18.7 Å². The number of fused-ring (bicyclic) bond motifs is 5. The van der Waals surface area contributed by atoms with Gasteiger partial charge in [0.2, 0.25) is 0 Å². The second-order valence-electron chi connectivity index (χ2n) is 7.04. The molecule has 4 nitrogen and oxygen atoms in total. The van der Waals surface area contributed by atoms with Gasteiger partial charge in [-0.25, -0.2) is 0 Å². The van der Waals surface area contributed by atoms with Crippen molar-refractivity contribution in [3.05, 3.63) is 35.9 Å². The Morgan fingerprint density at radius 1 is 1.23 bits per heavy atom. The van der Waals surface area contributed by atoms with Gasteiger partial charge in [0.1, 0.15) is 12.0 Å². The minimum absolute atomic E-state index is 0.0178. The molecule has 0 radical (unpaired) electrons. The van der Waals surface area contributed by atoms with E-state index in [2.05, 4.69) is 11.9 Å². The van der Waals surface area contributed by atoms with Crippen LogP contribution in [0.5, 0.6) is 0 Å². The topological polar surface area (TPSA) is 49.8 Å². The fourth-order valence-electron chi connectivity index (χ4n) is 4.63. The number of esters is 1. The van der Waals surface area contributed by atoms with Crippen LogP contribution < -0.4 is 0 Å². The lowest BCUT2D eigenvalue weighted by Gasteiger charge is -2.39. The van der Waals surface area contributed by atoms with Crippen LogP contribution in [0.2, 0.25) is 0 Å². The van der Waals surface area contributed by atoms with Crippen LogP contribution >= 0.6 is 0 Å². The highest BCUT2D eigenvalue weighted by Crippen LogP contribution is 2.58. The van der Waals surface area contributed by atoms with E-state index in [1.165, 1.54) is 6.42 Å². The Morgan fingerprint density at radius 2 is 1.86 bits per heavy atom. The maximum atomic E-state index is 12.5. The van der Waals surface area contributed by atoms with Crippen LogP contribution in [0.15, 0.2) is 30.3 Å². The van der Waals surface area contributed by atoms with E-state index in [0.29, 0.717) is 12.1 Å². The monoisotopic (exact) mass is 301 g/mol. The van der Waals surface area contributed by atoms with Crippen molar-refractivity contribution in [2.75, 3.05) is 13.7 Å². The highest BCUT2D eigenvalue weighted by Gasteiger charge is 2.60. The van der Waals surface area contributed by atoms with Gasteiger partial charge in [0.05, 0.1) is 6.61 Å². The van der Waals surface area contributed by atoms with Crippen molar-refractivity contribution in [2.24, 2.45) is 11.8 Å². The van der Waals surface area contributed by atoms with Gasteiger partial charge in [-0.2, -0.15) is 0 Å². The number of hydrogen-bond acceptors (Lipinski definition) is 4. The van der Waals surface area contributed by atoms with Crippen LogP contribution in [-0.2, 0) is 9.53 Å². The molecule has 3 fully saturated rings. The molecule has 2 bridgehead atoms. The van der Waals surface area contributed by atoms with Crippen LogP contribution in [0.4, 0.5) is 0 Å². The molecule has 1 N–H and O–H groups in total. The van der Waals surface area contributed by atoms with E-state index in [1.807, 2.05) is 30.3 Å². The Morgan fingerprint density at radius 3 is 2.45 bits per heavy atom. The maximum Gasteiger partial charge on any atom is 0.316 e. The summed E-state index contributed by atoms with van der Waals surface area (Å²) in [6.45, 7) is -0.201. The molecule has 0 amide bonds. The standard InChI is InChI=1S/C18H23NO3/c1-19-16-7-12(8-17(19)14-9-13(14)16)22-18(21)15(10-20)11-5-3-2-4-6-11/h2-6,12-17,20H,7-10H2,1H3/t12?,13-,14?,15+,16?,17?/m0/s1. The number of carbonyl (C=O) groups is 1. The summed E-state index contributed by atoms with van der Waals surface area (Å²) < 4.78 is 5.77. The molecule has 2 saturated heterocycles. The van der Waals surface area contributed by atoms with Crippen LogP contribution in [0.25, 0.3) is 0 Å². The van der Waals surface area contributed by atoms with E-state index in [9.17, 15) is 9.90 Å². The number of benzene rings is 1. The summed E-state index contributed by atoms with van der Waals surface area (Å²) in [5.41, 5.74) is 0.828. The normalized spacial score (nSPS) is 37.5. The SMILES string of the molecule is CN1C2CC(OC(=O)[C@H](CO)c3ccccc3)CC1[C@H]1CC21. The van der Waals surface area contributed by atoms with Crippen LogP contribution in [-0.4, -0.2) is 47.8 Å². The van der Waals surface area contributed by atoms with Gasteiger partial charge < -0.3 is 9.84 Å². The summed E-state index contributed by atoms with van der Waals surface area (Å²) in [6.07, 6.45) is 3.29. The van der Waals surface area contributed by atoms with Crippen molar-refractivity contribution >= 4 is 5.97 Å². The Kier molecular flexibility index (Phi) is 3.46. The molecular formula is C18H23NO3. The third kappa shape index (κ3) is 2.25. The van der Waals surface area contributed by atoms with Gasteiger partial charge in [0, 0.05) is 24.9 Å². The van der Waals surface area contributed by atoms with Crippen molar-refractivity contribution in [3.63, 3.8) is 0 Å². The summed E-state index contributed by atoms with van der Waals surface area (Å²) >= 11 is 0. The number of aliphatic hydroxyl groups excluding tert-OH is 1. The molecule has 1 saturated carbocycles. The number of piperidine rings is 2. The van der Waals surface area contributed by atoms with Crippen molar-refractivity contribution in [1.82, 2.24) is 4.90 Å². The van der Waals surface area contributed by atoms with Crippen molar-refractivity contribution in [1.29, 1.82) is 0 Å². The predicted molar refractivity (Wildman–Crippen MR) is 82.3 cm³/mol. The van der Waals surface area contributed by atoms with E-state index in [0.717, 1.165) is 30.2 Å². The molecule has 22 heavy (non-hydrogen) atoms. The van der Waals surface area contributed by atoms with Crippen LogP contribution in [0.1, 0.15) is 30.7 Å². The zero-order valence-corrected chi connectivity index (χ0v) is 12.9. The van der Waals surface area contributed by atoms with Gasteiger partial charge in [0.15, 0.2) is 0 Å². The second kappa shape index (κ2) is 5.36. The molecule has 2 aliphatic heterocycles. The van der Waals surface area contributed by atoms with Crippen molar-refractivity contribution in [2.45, 2.75) is 43.4 Å². The van der Waals surface area contributed by atoms with Crippen LogP contribution in [0, 0.1) is 11.8 Å². The van der Waals surface area contributed by atoms with Crippen LogP contribution in [0.3, 0.4) is 0 Å². The molecule has 1 aliphatic carbocycles. The highest BCUT2D eigenvalue weighted by molar-refractivity contribution is 5.78. The largest absolute Gasteiger partial charge is 0.462 e. The molecule has 0 aromatic heterocycles. The maximum absolute atomic E-state index is 12.5. The Labute approximate surface area is 131 Å². The van der Waals surface area contributed by atoms with Gasteiger partial charge in [0.25, 0.3) is 0 Å². The molecule has 3 aliphatic rings. The zero-order chi connectivity index (χ0) is 15.3. The summed E-state index contributed by atoms with van der Waals surface area (Å²) in [5.74, 6) is 0.826. The van der Waals surface area contributed by atoms with Gasteiger partial charge in [-0.05, 0) is 30.9 Å². The van der Waals surface area contributed by atoms with E-state index < -0.39 is 5.92 Å². The smallest absolute Gasteiger partial charge is 0.316 e. The molecule has 4 heteroatoms. The number of aliphatic hydroxyl groups is 1. The molecule has 4 unspecified atom stereocenters. The van der Waals surface area contributed by atoms with Gasteiger partial charge in [-0.1, -0.05) is 30.3 Å². The first-order chi connectivity index (χ1) is 10.7. The average molecular weight is 301 g/mol. The summed E-state index contributed by atoms with van der Waals surface area (Å²) in [6, 6.07) is 10.6. The quantitative estimate of drug-likeness (QED) is 0.861. The number of rotatable bonds is 4. The Balaban J connectivity index is 1.42. The molecule has 1 aromatic rings. The fourth-order valence-corrected chi connectivity index (χ4v) is 4.63. The molecule has 2 heterocycles. The third-order valence-electron chi connectivity index (χ3n) is 5.89. The van der Waals surface area contributed by atoms with Crippen molar-refractivity contribution < 1.29 is 14.6 Å². The lowest BCUT2D eigenvalue weighted by atomic mass is 9.95. The Hall–Kier alpha value is -1.39. The van der Waals surface area contributed by atoms with E-state index in [1.54, 1.807) is 0 Å². The second-order valence-corrected chi connectivity index (χ2v) is 7.04. The van der Waals surface area contributed by atoms with E-state index in [4.69, 9.17) is 4.74 Å². The van der Waals surface area contributed by atoms with E-state index >= 15 is 0 Å². The lowest BCUT2D eigenvalue weighted by molar-refractivity contribution is -0.155. The average Bonchev–Trinajstić information content (AvgIpc) is 3.27.